The second kappa shape index (κ2) is 7.14. The van der Waals surface area contributed by atoms with Crippen LogP contribution in [0.15, 0.2) is 0 Å². The summed E-state index contributed by atoms with van der Waals surface area (Å²) in [6, 6.07) is -0.370. The highest BCUT2D eigenvalue weighted by Crippen LogP contribution is 2.14. The monoisotopic (exact) mass is 301 g/mol. The van der Waals surface area contributed by atoms with Crippen molar-refractivity contribution >= 4 is 18.1 Å². The van der Waals surface area contributed by atoms with Gasteiger partial charge >= 0.3 is 18.1 Å². The number of urea groups is 1. The van der Waals surface area contributed by atoms with Crippen molar-refractivity contribution in [3.8, 4) is 0 Å². The Morgan fingerprint density at radius 3 is 2.62 bits per heavy atom. The number of hydrogen-bond donors (Lipinski definition) is 3. The first kappa shape index (κ1) is 17.1. The first-order valence-electron chi connectivity index (χ1n) is 6.87. The molecule has 1 aliphatic heterocycles. The molecule has 0 radical (unpaired) electrons. The van der Waals surface area contributed by atoms with Gasteiger partial charge in [0, 0.05) is 25.0 Å². The van der Waals surface area contributed by atoms with Crippen molar-refractivity contribution in [1.29, 1.82) is 0 Å². The standard InChI is InChI=1S/C13H23N3O5/c1-13(2,6-4-10(17)18)15-11(19)16-7-5-9(8-16)14-12(20)21-3/h9H,4-8H2,1-3H3,(H,14,20)(H,15,19)(H,17,18). The van der Waals surface area contributed by atoms with Gasteiger partial charge in [-0.3, -0.25) is 4.79 Å². The third-order valence-electron chi connectivity index (χ3n) is 3.39. The molecule has 0 aromatic carbocycles. The SMILES string of the molecule is COC(=O)NC1CCN(C(=O)NC(C)(C)CCC(=O)O)C1. The van der Waals surface area contributed by atoms with Crippen LogP contribution in [0.25, 0.3) is 0 Å². The Balaban J connectivity index is 2.42. The fraction of sp³-hybridized carbons (Fsp3) is 0.769. The molecule has 8 heteroatoms. The summed E-state index contributed by atoms with van der Waals surface area (Å²) in [4.78, 5) is 35.4. The van der Waals surface area contributed by atoms with Crippen molar-refractivity contribution in [2.24, 2.45) is 0 Å². The molecule has 0 spiro atoms. The molecule has 0 aromatic heterocycles. The summed E-state index contributed by atoms with van der Waals surface area (Å²) in [7, 11) is 1.29. The van der Waals surface area contributed by atoms with E-state index in [-0.39, 0.29) is 18.5 Å². The van der Waals surface area contributed by atoms with Gasteiger partial charge in [-0.25, -0.2) is 9.59 Å². The maximum absolute atomic E-state index is 12.1. The van der Waals surface area contributed by atoms with Gasteiger partial charge in [-0.2, -0.15) is 0 Å². The van der Waals surface area contributed by atoms with E-state index in [9.17, 15) is 14.4 Å². The van der Waals surface area contributed by atoms with Gasteiger partial charge in [0.25, 0.3) is 0 Å². The summed E-state index contributed by atoms with van der Waals surface area (Å²) in [6.45, 7) is 4.52. The van der Waals surface area contributed by atoms with Crippen molar-refractivity contribution in [2.45, 2.75) is 44.7 Å². The van der Waals surface area contributed by atoms with Gasteiger partial charge in [0.05, 0.1) is 13.2 Å². The topological polar surface area (TPSA) is 108 Å². The predicted molar refractivity (Wildman–Crippen MR) is 75.0 cm³/mol. The lowest BCUT2D eigenvalue weighted by molar-refractivity contribution is -0.137. The number of nitrogens with one attached hydrogen (secondary N) is 2. The van der Waals surface area contributed by atoms with Gasteiger partial charge in [-0.15, -0.1) is 0 Å². The number of carboxylic acid groups (broad SMARTS) is 1. The Morgan fingerprint density at radius 1 is 1.38 bits per heavy atom. The molecular weight excluding hydrogens is 278 g/mol. The Kier molecular flexibility index (Phi) is 5.80. The number of ether oxygens (including phenoxy) is 1. The summed E-state index contributed by atoms with van der Waals surface area (Å²) in [5.74, 6) is -0.888. The molecule has 1 heterocycles. The van der Waals surface area contributed by atoms with Crippen LogP contribution in [0.5, 0.6) is 0 Å². The van der Waals surface area contributed by atoms with E-state index in [1.807, 2.05) is 0 Å². The van der Waals surface area contributed by atoms with Crippen molar-refractivity contribution in [3.05, 3.63) is 0 Å². The Morgan fingerprint density at radius 2 is 2.05 bits per heavy atom. The molecule has 1 rings (SSSR count). The van der Waals surface area contributed by atoms with E-state index in [2.05, 4.69) is 15.4 Å². The average molecular weight is 301 g/mol. The second-order valence-electron chi connectivity index (χ2n) is 5.78. The molecule has 1 atom stereocenters. The zero-order valence-electron chi connectivity index (χ0n) is 12.6. The summed E-state index contributed by atoms with van der Waals surface area (Å²) in [5.41, 5.74) is -0.594. The van der Waals surface area contributed by atoms with E-state index in [0.29, 0.717) is 25.9 Å². The first-order valence-corrected chi connectivity index (χ1v) is 6.87. The van der Waals surface area contributed by atoms with Crippen LogP contribution in [0, 0.1) is 0 Å². The van der Waals surface area contributed by atoms with Crippen LogP contribution in [-0.2, 0) is 9.53 Å². The van der Waals surface area contributed by atoms with Crippen LogP contribution in [-0.4, -0.2) is 59.9 Å². The molecule has 3 N–H and O–H groups in total. The zero-order valence-corrected chi connectivity index (χ0v) is 12.6. The summed E-state index contributed by atoms with van der Waals surface area (Å²) < 4.78 is 4.52. The Hall–Kier alpha value is -1.99. The minimum Gasteiger partial charge on any atom is -0.481 e. The number of aliphatic carboxylic acids is 1. The van der Waals surface area contributed by atoms with Gasteiger partial charge in [0.2, 0.25) is 0 Å². The van der Waals surface area contributed by atoms with Crippen molar-refractivity contribution in [2.75, 3.05) is 20.2 Å². The maximum atomic E-state index is 12.1. The number of methoxy groups -OCH3 is 1. The minimum atomic E-state index is -0.888. The molecule has 21 heavy (non-hydrogen) atoms. The molecule has 0 saturated carbocycles. The number of likely N-dealkylation sites (tertiary alicyclic amines) is 1. The fourth-order valence-electron chi connectivity index (χ4n) is 2.14. The molecule has 3 amide bonds. The van der Waals surface area contributed by atoms with Crippen molar-refractivity contribution < 1.29 is 24.2 Å². The van der Waals surface area contributed by atoms with Gasteiger partial charge in [0.1, 0.15) is 0 Å². The summed E-state index contributed by atoms with van der Waals surface area (Å²) in [5, 5.41) is 14.2. The smallest absolute Gasteiger partial charge is 0.407 e. The van der Waals surface area contributed by atoms with E-state index in [4.69, 9.17) is 5.11 Å². The maximum Gasteiger partial charge on any atom is 0.407 e. The number of alkyl carbamates (subject to hydrolysis) is 1. The molecule has 8 nitrogen and oxygen atoms in total. The summed E-state index contributed by atoms with van der Waals surface area (Å²) in [6.07, 6.45) is 0.507. The molecule has 1 unspecified atom stereocenters. The molecular formula is C13H23N3O5. The molecule has 1 aliphatic rings. The van der Waals surface area contributed by atoms with Crippen LogP contribution in [0.2, 0.25) is 0 Å². The minimum absolute atomic E-state index is 0.000197. The van der Waals surface area contributed by atoms with E-state index in [1.54, 1.807) is 18.7 Å². The zero-order chi connectivity index (χ0) is 16.0. The molecule has 1 fully saturated rings. The lowest BCUT2D eigenvalue weighted by Gasteiger charge is -2.29. The van der Waals surface area contributed by atoms with Crippen LogP contribution in [0.1, 0.15) is 33.1 Å². The van der Waals surface area contributed by atoms with Crippen LogP contribution in [0.4, 0.5) is 9.59 Å². The van der Waals surface area contributed by atoms with E-state index < -0.39 is 17.6 Å². The van der Waals surface area contributed by atoms with E-state index >= 15 is 0 Å². The van der Waals surface area contributed by atoms with E-state index in [0.717, 1.165) is 0 Å². The number of nitrogens with zero attached hydrogens (tertiary/aromatic N) is 1. The normalized spacial score (nSPS) is 18.2. The van der Waals surface area contributed by atoms with Gasteiger partial charge in [0.15, 0.2) is 0 Å². The summed E-state index contributed by atoms with van der Waals surface area (Å²) >= 11 is 0. The highest BCUT2D eigenvalue weighted by atomic mass is 16.5. The number of carboxylic acids is 1. The number of amides is 3. The predicted octanol–water partition coefficient (Wildman–Crippen LogP) is 0.770. The lowest BCUT2D eigenvalue weighted by Crippen LogP contribution is -2.50. The van der Waals surface area contributed by atoms with Crippen LogP contribution < -0.4 is 10.6 Å². The van der Waals surface area contributed by atoms with Crippen LogP contribution in [0.3, 0.4) is 0 Å². The Labute approximate surface area is 123 Å². The average Bonchev–Trinajstić information content (AvgIpc) is 2.84. The van der Waals surface area contributed by atoms with Gasteiger partial charge < -0.3 is 25.4 Å². The van der Waals surface area contributed by atoms with Gasteiger partial charge in [-0.05, 0) is 26.7 Å². The Bertz CT molecular complexity index is 411. The number of hydrogen-bond acceptors (Lipinski definition) is 4. The van der Waals surface area contributed by atoms with Crippen molar-refractivity contribution in [3.63, 3.8) is 0 Å². The highest BCUT2D eigenvalue weighted by Gasteiger charge is 2.30. The number of rotatable bonds is 5. The number of carbonyl (C=O) groups excluding carboxylic acids is 2. The third kappa shape index (κ3) is 5.88. The third-order valence-corrected chi connectivity index (χ3v) is 3.39. The number of carbonyl (C=O) groups is 3. The highest BCUT2D eigenvalue weighted by molar-refractivity contribution is 5.76. The van der Waals surface area contributed by atoms with Crippen LogP contribution >= 0.6 is 0 Å². The fourth-order valence-corrected chi connectivity index (χ4v) is 2.14. The second-order valence-corrected chi connectivity index (χ2v) is 5.78. The molecule has 0 aromatic rings. The molecule has 0 bridgehead atoms. The lowest BCUT2D eigenvalue weighted by atomic mass is 9.99. The molecule has 1 saturated heterocycles. The largest absolute Gasteiger partial charge is 0.481 e. The van der Waals surface area contributed by atoms with Gasteiger partial charge in [-0.1, -0.05) is 0 Å². The molecule has 120 valence electrons. The van der Waals surface area contributed by atoms with Crippen molar-refractivity contribution in [1.82, 2.24) is 15.5 Å². The quantitative estimate of drug-likeness (QED) is 0.695. The van der Waals surface area contributed by atoms with E-state index in [1.165, 1.54) is 7.11 Å². The molecule has 0 aliphatic carbocycles. The first-order chi connectivity index (χ1) is 9.73.